The number of alkyl halides is 2. The maximum atomic E-state index is 11.7. The predicted octanol–water partition coefficient (Wildman–Crippen LogP) is 8.30. The Morgan fingerprint density at radius 2 is 1.79 bits per heavy atom. The van der Waals surface area contributed by atoms with E-state index >= 15 is 0 Å². The standard InChI is InChI=1S/C27H38Cl2O3S/c1-4-5-6-10-24(30)22-13-11-21(12-14-22)19-20(17-18-27(2,28)29)8-7-9-23-15-16-25(33-23)26(31)32-3/h11-16,20,24,30H,4-10,17-19H2,1-3H3/t20-,24?/m0/s1. The summed E-state index contributed by atoms with van der Waals surface area (Å²) < 4.78 is 4.09. The van der Waals surface area contributed by atoms with Gasteiger partial charge in [-0.05, 0) is 81.0 Å². The zero-order chi connectivity index (χ0) is 24.3. The van der Waals surface area contributed by atoms with Gasteiger partial charge in [-0.1, -0.05) is 50.5 Å². The fourth-order valence-corrected chi connectivity index (χ4v) is 5.24. The molecule has 33 heavy (non-hydrogen) atoms. The average molecular weight is 514 g/mol. The number of esters is 1. The third-order valence-corrected chi connectivity index (χ3v) is 7.55. The van der Waals surface area contributed by atoms with E-state index in [1.807, 2.05) is 19.1 Å². The van der Waals surface area contributed by atoms with Crippen molar-refractivity contribution in [3.8, 4) is 0 Å². The number of benzene rings is 1. The van der Waals surface area contributed by atoms with Crippen LogP contribution >= 0.6 is 34.5 Å². The maximum absolute atomic E-state index is 11.7. The highest BCUT2D eigenvalue weighted by molar-refractivity contribution is 7.13. The molecule has 1 heterocycles. The van der Waals surface area contributed by atoms with Gasteiger partial charge >= 0.3 is 5.97 Å². The van der Waals surface area contributed by atoms with Gasteiger partial charge in [0, 0.05) is 4.88 Å². The second-order valence-corrected chi connectivity index (χ2v) is 12.1. The number of aryl methyl sites for hydroxylation is 1. The van der Waals surface area contributed by atoms with Crippen molar-refractivity contribution in [2.75, 3.05) is 7.11 Å². The van der Waals surface area contributed by atoms with Crippen LogP contribution < -0.4 is 0 Å². The lowest BCUT2D eigenvalue weighted by molar-refractivity contribution is 0.0606. The minimum Gasteiger partial charge on any atom is -0.465 e. The van der Waals surface area contributed by atoms with Gasteiger partial charge in [-0.25, -0.2) is 4.79 Å². The first-order chi connectivity index (χ1) is 15.7. The van der Waals surface area contributed by atoms with Crippen molar-refractivity contribution >= 4 is 40.5 Å². The number of hydrogen-bond donors (Lipinski definition) is 1. The first-order valence-electron chi connectivity index (χ1n) is 12.0. The third kappa shape index (κ3) is 10.8. The van der Waals surface area contributed by atoms with Crippen LogP contribution in [0.25, 0.3) is 0 Å². The fourth-order valence-electron chi connectivity index (χ4n) is 4.06. The van der Waals surface area contributed by atoms with Gasteiger partial charge in [0.15, 0.2) is 0 Å². The molecule has 0 radical (unpaired) electrons. The van der Waals surface area contributed by atoms with Crippen LogP contribution in [0.4, 0.5) is 0 Å². The highest BCUT2D eigenvalue weighted by Gasteiger charge is 2.20. The number of aliphatic hydroxyl groups excluding tert-OH is 1. The summed E-state index contributed by atoms with van der Waals surface area (Å²) in [5, 5.41) is 10.4. The quantitative estimate of drug-likeness (QED) is 0.148. The largest absolute Gasteiger partial charge is 0.465 e. The Kier molecular flexibility index (Phi) is 12.3. The number of methoxy groups -OCH3 is 1. The second-order valence-electron chi connectivity index (χ2n) is 9.08. The van der Waals surface area contributed by atoms with Crippen LogP contribution in [0.3, 0.4) is 0 Å². The van der Waals surface area contributed by atoms with E-state index in [1.54, 1.807) is 0 Å². The van der Waals surface area contributed by atoms with Crippen LogP contribution in [0.2, 0.25) is 0 Å². The summed E-state index contributed by atoms with van der Waals surface area (Å²) in [4.78, 5) is 13.5. The van der Waals surface area contributed by atoms with E-state index in [9.17, 15) is 9.90 Å². The molecule has 0 saturated carbocycles. The number of carbonyl (C=O) groups excluding carboxylic acids is 1. The number of unbranched alkanes of at least 4 members (excludes halogenated alkanes) is 2. The van der Waals surface area contributed by atoms with Crippen LogP contribution in [0.15, 0.2) is 36.4 Å². The second kappa shape index (κ2) is 14.4. The number of carbonyl (C=O) groups is 1. The van der Waals surface area contributed by atoms with E-state index in [0.717, 1.165) is 69.8 Å². The molecule has 0 aliphatic carbocycles. The Labute approximate surface area is 213 Å². The number of halogens is 2. The Morgan fingerprint density at radius 3 is 2.42 bits per heavy atom. The normalized spacial score (nSPS) is 13.6. The van der Waals surface area contributed by atoms with E-state index in [2.05, 4.69) is 31.2 Å². The van der Waals surface area contributed by atoms with Crippen LogP contribution in [0.1, 0.15) is 97.0 Å². The van der Waals surface area contributed by atoms with Gasteiger partial charge in [0.2, 0.25) is 0 Å². The van der Waals surface area contributed by atoms with Crippen molar-refractivity contribution in [2.45, 2.75) is 88.5 Å². The van der Waals surface area contributed by atoms with Gasteiger partial charge in [0.1, 0.15) is 9.21 Å². The molecule has 6 heteroatoms. The number of ether oxygens (including phenoxy) is 1. The summed E-state index contributed by atoms with van der Waals surface area (Å²) in [5.74, 6) is 0.203. The van der Waals surface area contributed by atoms with E-state index in [1.165, 1.54) is 28.9 Å². The van der Waals surface area contributed by atoms with Gasteiger partial charge in [0.25, 0.3) is 0 Å². The molecular formula is C27H38Cl2O3S. The molecule has 184 valence electrons. The molecule has 0 fully saturated rings. The molecule has 1 unspecified atom stereocenters. The number of aliphatic hydroxyl groups is 1. The lowest BCUT2D eigenvalue weighted by Crippen LogP contribution is -2.12. The molecule has 2 atom stereocenters. The lowest BCUT2D eigenvalue weighted by atomic mass is 9.89. The smallest absolute Gasteiger partial charge is 0.348 e. The summed E-state index contributed by atoms with van der Waals surface area (Å²) in [6.07, 6.45) is 9.55. The zero-order valence-corrected chi connectivity index (χ0v) is 22.4. The Bertz CT molecular complexity index is 827. The first-order valence-corrected chi connectivity index (χ1v) is 13.6. The molecule has 2 rings (SSSR count). The van der Waals surface area contributed by atoms with Crippen LogP contribution in [0, 0.1) is 5.92 Å². The molecule has 1 aromatic heterocycles. The number of thiophene rings is 1. The molecule has 0 spiro atoms. The van der Waals surface area contributed by atoms with Crippen molar-refractivity contribution in [2.24, 2.45) is 5.92 Å². The fraction of sp³-hybridized carbons (Fsp3) is 0.593. The van der Waals surface area contributed by atoms with E-state index in [-0.39, 0.29) is 12.1 Å². The summed E-state index contributed by atoms with van der Waals surface area (Å²) in [6, 6.07) is 12.3. The Morgan fingerprint density at radius 1 is 1.06 bits per heavy atom. The number of rotatable bonds is 15. The molecule has 0 saturated heterocycles. The molecule has 0 bridgehead atoms. The highest BCUT2D eigenvalue weighted by Crippen LogP contribution is 2.31. The molecule has 1 N–H and O–H groups in total. The monoisotopic (exact) mass is 512 g/mol. The first kappa shape index (κ1) is 28.2. The minimum absolute atomic E-state index is 0.272. The van der Waals surface area contributed by atoms with Crippen molar-refractivity contribution in [1.29, 1.82) is 0 Å². The van der Waals surface area contributed by atoms with Gasteiger partial charge in [0.05, 0.1) is 13.2 Å². The highest BCUT2D eigenvalue weighted by atomic mass is 35.5. The van der Waals surface area contributed by atoms with Gasteiger partial charge in [-0.15, -0.1) is 34.5 Å². The van der Waals surface area contributed by atoms with Gasteiger partial charge in [-0.2, -0.15) is 0 Å². The Hall–Kier alpha value is -1.07. The zero-order valence-electron chi connectivity index (χ0n) is 20.1. The molecule has 3 nitrogen and oxygen atoms in total. The summed E-state index contributed by atoms with van der Waals surface area (Å²) >= 11 is 14.0. The van der Waals surface area contributed by atoms with Gasteiger partial charge < -0.3 is 9.84 Å². The summed E-state index contributed by atoms with van der Waals surface area (Å²) in [7, 11) is 1.41. The topological polar surface area (TPSA) is 46.5 Å². The molecule has 0 aliphatic rings. The van der Waals surface area contributed by atoms with Crippen molar-refractivity contribution in [3.05, 3.63) is 57.3 Å². The summed E-state index contributed by atoms with van der Waals surface area (Å²) in [6.45, 7) is 4.02. The van der Waals surface area contributed by atoms with Crippen molar-refractivity contribution in [3.63, 3.8) is 0 Å². The van der Waals surface area contributed by atoms with E-state index in [4.69, 9.17) is 27.9 Å². The Balaban J connectivity index is 1.93. The number of hydrogen-bond acceptors (Lipinski definition) is 4. The van der Waals surface area contributed by atoms with Crippen LogP contribution in [-0.4, -0.2) is 22.5 Å². The lowest BCUT2D eigenvalue weighted by Gasteiger charge is -2.21. The van der Waals surface area contributed by atoms with Crippen LogP contribution in [0.5, 0.6) is 0 Å². The predicted molar refractivity (Wildman–Crippen MR) is 141 cm³/mol. The minimum atomic E-state index is -0.714. The van der Waals surface area contributed by atoms with Crippen molar-refractivity contribution in [1.82, 2.24) is 0 Å². The maximum Gasteiger partial charge on any atom is 0.348 e. The van der Waals surface area contributed by atoms with Crippen LogP contribution in [-0.2, 0) is 17.6 Å². The molecular weight excluding hydrogens is 475 g/mol. The summed E-state index contributed by atoms with van der Waals surface area (Å²) in [5.41, 5.74) is 2.28. The van der Waals surface area contributed by atoms with E-state index in [0.29, 0.717) is 10.8 Å². The molecule has 0 aliphatic heterocycles. The van der Waals surface area contributed by atoms with E-state index < -0.39 is 4.33 Å². The van der Waals surface area contributed by atoms with Gasteiger partial charge in [-0.3, -0.25) is 0 Å². The third-order valence-electron chi connectivity index (χ3n) is 6.05. The van der Waals surface area contributed by atoms with Crippen molar-refractivity contribution < 1.29 is 14.6 Å². The molecule has 0 amide bonds. The SMILES string of the molecule is CCCCCC(O)c1ccc(C[C@@H](CCCc2ccc(C(=O)OC)s2)CCC(C)(Cl)Cl)cc1. The average Bonchev–Trinajstić information content (AvgIpc) is 3.26. The molecule has 1 aromatic carbocycles. The molecule has 2 aromatic rings.